The van der Waals surface area contributed by atoms with Gasteiger partial charge in [-0.05, 0) is 12.8 Å². The number of aliphatic hydroxyl groups excluding tert-OH is 1. The third-order valence-electron chi connectivity index (χ3n) is 1.38. The van der Waals surface area contributed by atoms with Crippen LogP contribution in [0.15, 0.2) is 0 Å². The summed E-state index contributed by atoms with van der Waals surface area (Å²) in [4.78, 5) is 10.2. The van der Waals surface area contributed by atoms with Gasteiger partial charge in [0, 0.05) is 6.54 Å². The number of carboxylic acid groups (broad SMARTS) is 1. The maximum atomic E-state index is 10.2. The highest BCUT2D eigenvalue weighted by molar-refractivity contribution is 5.72. The maximum Gasteiger partial charge on any atom is 0.320 e. The number of hydrogen-bond acceptors (Lipinski definition) is 4. The highest BCUT2D eigenvalue weighted by Gasteiger charge is 2.12. The Morgan fingerprint density at radius 3 is 2.64 bits per heavy atom. The van der Waals surface area contributed by atoms with E-state index in [0.717, 1.165) is 0 Å². The summed E-state index contributed by atoms with van der Waals surface area (Å²) in [6, 6.07) is -0.894. The molecule has 0 unspecified atom stereocenters. The van der Waals surface area contributed by atoms with Crippen LogP contribution in [0.1, 0.15) is 12.8 Å². The van der Waals surface area contributed by atoms with Gasteiger partial charge in [-0.3, -0.25) is 4.79 Å². The largest absolute Gasteiger partial charge is 0.480 e. The molecule has 0 amide bonds. The van der Waals surface area contributed by atoms with Crippen molar-refractivity contribution >= 4 is 5.97 Å². The second-order valence-corrected chi connectivity index (χ2v) is 2.38. The third kappa shape index (κ3) is 4.72. The minimum absolute atomic E-state index is 0.204. The van der Waals surface area contributed by atoms with Crippen LogP contribution in [0.5, 0.6) is 0 Å². The lowest BCUT2D eigenvalue weighted by atomic mass is 10.1. The molecule has 0 heterocycles. The average Bonchev–Trinajstić information content (AvgIpc) is 2.05. The van der Waals surface area contributed by atoms with Crippen molar-refractivity contribution in [2.75, 3.05) is 6.54 Å². The molecule has 0 aromatic carbocycles. The topological polar surface area (TPSA) is 110 Å². The van der Waals surface area contributed by atoms with Crippen LogP contribution >= 0.6 is 0 Å². The Hall–Kier alpha value is -0.650. The molecule has 0 aliphatic heterocycles. The normalized spacial score (nSPS) is 17.1. The van der Waals surface area contributed by atoms with Crippen LogP contribution in [0.2, 0.25) is 0 Å². The Morgan fingerprint density at radius 2 is 2.27 bits per heavy atom. The maximum absolute atomic E-state index is 10.2. The van der Waals surface area contributed by atoms with Crippen molar-refractivity contribution in [3.8, 4) is 0 Å². The quantitative estimate of drug-likeness (QED) is 0.381. The molecule has 0 aliphatic carbocycles. The monoisotopic (exact) mass is 163 g/mol. The summed E-state index contributed by atoms with van der Waals surface area (Å²) in [7, 11) is 0. The van der Waals surface area contributed by atoms with Gasteiger partial charge in [-0.15, -0.1) is 0 Å². The first-order chi connectivity index (χ1) is 5.61. The lowest BCUT2D eigenvalue weighted by molar-refractivity contribution is -0.138. The average molecular weight is 163 g/mol. The van der Waals surface area contributed by atoms with Gasteiger partial charge in [0.25, 0.3) is 0 Å². The Balaban J connectivity index is 3.58. The lowest BCUT2D eigenvalue weighted by Crippen LogP contribution is -2.32. The predicted molar refractivity (Wildman–Crippen MR) is 39.9 cm³/mol. The van der Waals surface area contributed by atoms with Crippen molar-refractivity contribution in [3.63, 3.8) is 0 Å². The highest BCUT2D eigenvalue weighted by atomic mass is 16.4. The fraction of sp³-hybridized carbons (Fsp3) is 0.833. The number of aliphatic hydroxyl groups is 1. The van der Waals surface area contributed by atoms with E-state index in [9.17, 15) is 4.79 Å². The third-order valence-corrected chi connectivity index (χ3v) is 1.38. The molecule has 0 saturated carbocycles. The van der Waals surface area contributed by atoms with E-state index in [1.54, 1.807) is 0 Å². The predicted octanol–water partition coefficient (Wildman–Crippen LogP) is -1.50. The van der Waals surface area contributed by atoms with Gasteiger partial charge in [0.1, 0.15) is 6.04 Å². The molecule has 0 aromatic heterocycles. The molecule has 6 N–H and O–H groups in total. The number of carboxylic acids is 1. The van der Waals surface area contributed by atoms with Crippen molar-refractivity contribution in [1.82, 2.24) is 0 Å². The molecule has 11 heavy (non-hydrogen) atoms. The summed E-state index contributed by atoms with van der Waals surface area (Å²) in [6.45, 7) is 0.204. The number of rotatable bonds is 6. The Morgan fingerprint density at radius 1 is 1.64 bits per heavy atom. The molecule has 0 saturated heterocycles. The van der Waals surface area contributed by atoms with Gasteiger partial charge in [-0.2, -0.15) is 0 Å². The van der Waals surface area contributed by atoms with Crippen LogP contribution in [0.25, 0.3) is 0 Å². The first-order valence-electron chi connectivity index (χ1n) is 3.83. The van der Waals surface area contributed by atoms with E-state index in [4.69, 9.17) is 18.0 Å². The molecule has 0 aromatic rings. The highest BCUT2D eigenvalue weighted by Crippen LogP contribution is 1.98. The van der Waals surface area contributed by atoms with Crippen LogP contribution in [0.3, 0.4) is 0 Å². The van der Waals surface area contributed by atoms with E-state index in [1.807, 2.05) is 0 Å². The molecule has 5 nitrogen and oxygen atoms in total. The molecule has 0 aliphatic rings. The summed E-state index contributed by atoms with van der Waals surface area (Å²) in [6.07, 6.45) is 0.249. The first-order valence-corrected chi connectivity index (χ1v) is 3.42. The molecule has 0 spiro atoms. The van der Waals surface area contributed by atoms with E-state index in [2.05, 4.69) is 5.11 Å². The Labute approximate surface area is 66.5 Å². The molecule has 0 fully saturated rings. The lowest BCUT2D eigenvalue weighted by Gasteiger charge is -2.09. The van der Waals surface area contributed by atoms with Crippen LogP contribution in [-0.4, -0.2) is 36.3 Å². The standard InChI is InChI=1S/C6H14N2O3/c7-3-4(9)1-2-5(8)6(10)11/h4-5,9H,1-3,7-8H2,(H,10,11)/t4-,5-/m1/s1/i9D. The number of aliphatic carboxylic acids is 1. The van der Waals surface area contributed by atoms with Crippen molar-refractivity contribution < 1.29 is 15.0 Å². The van der Waals surface area contributed by atoms with Gasteiger partial charge in [-0.1, -0.05) is 0 Å². The molecule has 0 radical (unpaired) electrons. The summed E-state index contributed by atoms with van der Waals surface area (Å²) in [5.74, 6) is -1.05. The van der Waals surface area contributed by atoms with Crippen LogP contribution in [0, 0.1) is 0 Å². The van der Waals surface area contributed by atoms with E-state index in [0.29, 0.717) is 6.42 Å². The smallest absolute Gasteiger partial charge is 0.320 e. The van der Waals surface area contributed by atoms with Crippen molar-refractivity contribution in [2.45, 2.75) is 25.0 Å². The molecular weight excluding hydrogens is 148 g/mol. The van der Waals surface area contributed by atoms with Crippen molar-refractivity contribution in [2.24, 2.45) is 11.5 Å². The molecule has 66 valence electrons. The first kappa shape index (κ1) is 8.45. The molecular formula is C6H14N2O3. The molecule has 0 bridgehead atoms. The minimum Gasteiger partial charge on any atom is -0.480 e. The Kier molecular flexibility index (Phi) is 3.89. The van der Waals surface area contributed by atoms with Crippen LogP contribution in [0.4, 0.5) is 0 Å². The van der Waals surface area contributed by atoms with Gasteiger partial charge >= 0.3 is 5.97 Å². The van der Waals surface area contributed by atoms with Gasteiger partial charge in [0.2, 0.25) is 1.43 Å². The van der Waals surface area contributed by atoms with E-state index in [-0.39, 0.29) is 13.0 Å². The molecule has 5 heteroatoms. The minimum atomic E-state index is -1.05. The molecule has 2 atom stereocenters. The molecule has 0 rings (SSSR count). The Bertz CT molecular complexity index is 141. The number of hydrogen-bond donors (Lipinski definition) is 4. The second kappa shape index (κ2) is 5.06. The zero-order valence-corrected chi connectivity index (χ0v) is 6.19. The number of nitrogens with two attached hydrogens (primary N) is 2. The van der Waals surface area contributed by atoms with E-state index >= 15 is 0 Å². The zero-order chi connectivity index (χ0) is 9.56. The number of carbonyl (C=O) groups is 1. The fourth-order valence-electron chi connectivity index (χ4n) is 0.607. The van der Waals surface area contributed by atoms with E-state index in [1.165, 1.54) is 0 Å². The summed E-state index contributed by atoms with van der Waals surface area (Å²) >= 11 is 0. The van der Waals surface area contributed by atoms with Crippen LogP contribution < -0.4 is 11.5 Å². The SMILES string of the molecule is [2H]O[C@@H](CN)CC[C@@H](N)C(=O)O. The van der Waals surface area contributed by atoms with Gasteiger partial charge in [-0.25, -0.2) is 0 Å². The summed E-state index contributed by atoms with van der Waals surface area (Å²) < 4.78 is 6.54. The van der Waals surface area contributed by atoms with Gasteiger partial charge in [0.05, 0.1) is 6.10 Å². The van der Waals surface area contributed by atoms with Crippen molar-refractivity contribution in [3.05, 3.63) is 0 Å². The van der Waals surface area contributed by atoms with Gasteiger partial charge < -0.3 is 21.7 Å². The second-order valence-electron chi connectivity index (χ2n) is 2.38. The summed E-state index contributed by atoms with van der Waals surface area (Å²) in [5.41, 5.74) is 10.4. The zero-order valence-electron chi connectivity index (χ0n) is 7.19. The fourth-order valence-corrected chi connectivity index (χ4v) is 0.607. The van der Waals surface area contributed by atoms with Gasteiger partial charge in [0.15, 0.2) is 0 Å². The van der Waals surface area contributed by atoms with Crippen LogP contribution in [-0.2, 0) is 4.79 Å². The van der Waals surface area contributed by atoms with E-state index < -0.39 is 18.1 Å². The summed E-state index contributed by atoms with van der Waals surface area (Å²) in [5, 5.41) is 12.6. The van der Waals surface area contributed by atoms with Crippen molar-refractivity contribution in [1.29, 1.82) is 1.43 Å².